The Labute approximate surface area is 105 Å². The summed E-state index contributed by atoms with van der Waals surface area (Å²) >= 11 is 0. The van der Waals surface area contributed by atoms with Gasteiger partial charge in [0.25, 0.3) is 0 Å². The largest absolute Gasteiger partial charge is 0.354 e. The van der Waals surface area contributed by atoms with E-state index in [0.717, 1.165) is 32.2 Å². The molecule has 0 aromatic carbocycles. The van der Waals surface area contributed by atoms with Crippen molar-refractivity contribution in [1.82, 2.24) is 5.32 Å². The first kappa shape index (κ1) is 12.9. The van der Waals surface area contributed by atoms with E-state index in [0.29, 0.717) is 11.3 Å². The summed E-state index contributed by atoms with van der Waals surface area (Å²) in [6.45, 7) is 5.32. The number of hydrogen-bond donors (Lipinski definition) is 2. The predicted molar refractivity (Wildman–Crippen MR) is 69.5 cm³/mol. The number of hydrogen-bond acceptors (Lipinski definition) is 2. The Kier molecular flexibility index (Phi) is 3.48. The summed E-state index contributed by atoms with van der Waals surface area (Å²) in [4.78, 5) is 12.2. The van der Waals surface area contributed by atoms with Crippen LogP contribution in [0.1, 0.15) is 58.8 Å². The average molecular weight is 238 g/mol. The summed E-state index contributed by atoms with van der Waals surface area (Å²) in [5.74, 6) is 0.743. The van der Waals surface area contributed by atoms with Gasteiger partial charge in [-0.15, -0.1) is 0 Å². The van der Waals surface area contributed by atoms with Crippen molar-refractivity contribution in [2.75, 3.05) is 6.54 Å². The van der Waals surface area contributed by atoms with Crippen LogP contribution < -0.4 is 11.1 Å². The van der Waals surface area contributed by atoms with Gasteiger partial charge in [-0.3, -0.25) is 4.79 Å². The highest BCUT2D eigenvalue weighted by Gasteiger charge is 2.46. The van der Waals surface area contributed by atoms with Crippen molar-refractivity contribution in [2.45, 2.75) is 64.3 Å². The van der Waals surface area contributed by atoms with Gasteiger partial charge in [0, 0.05) is 6.54 Å². The normalized spacial score (nSPS) is 25.6. The quantitative estimate of drug-likeness (QED) is 0.789. The van der Waals surface area contributed by atoms with Gasteiger partial charge < -0.3 is 11.1 Å². The molecule has 0 spiro atoms. The van der Waals surface area contributed by atoms with E-state index >= 15 is 0 Å². The third-order valence-electron chi connectivity index (χ3n) is 4.92. The van der Waals surface area contributed by atoms with Gasteiger partial charge in [-0.1, -0.05) is 33.1 Å². The number of nitrogens with two attached hydrogens (primary N) is 1. The van der Waals surface area contributed by atoms with Crippen molar-refractivity contribution >= 4 is 5.91 Å². The lowest BCUT2D eigenvalue weighted by atomic mass is 9.81. The fourth-order valence-corrected chi connectivity index (χ4v) is 2.96. The minimum absolute atomic E-state index is 0.0872. The molecule has 0 saturated heterocycles. The van der Waals surface area contributed by atoms with Gasteiger partial charge in [-0.25, -0.2) is 0 Å². The molecule has 17 heavy (non-hydrogen) atoms. The van der Waals surface area contributed by atoms with Crippen LogP contribution in [-0.4, -0.2) is 18.0 Å². The van der Waals surface area contributed by atoms with Crippen LogP contribution in [0.4, 0.5) is 0 Å². The van der Waals surface area contributed by atoms with E-state index in [1.807, 2.05) is 0 Å². The SMILES string of the molecule is CC(C)C1(CNC(=O)C2(N)CCCCC2)CC1. The maximum atomic E-state index is 12.2. The van der Waals surface area contributed by atoms with Gasteiger partial charge in [0.05, 0.1) is 5.54 Å². The van der Waals surface area contributed by atoms with Crippen molar-refractivity contribution in [2.24, 2.45) is 17.1 Å². The van der Waals surface area contributed by atoms with Crippen LogP contribution >= 0.6 is 0 Å². The molecular formula is C14H26N2O. The van der Waals surface area contributed by atoms with E-state index in [-0.39, 0.29) is 5.91 Å². The number of carbonyl (C=O) groups is 1. The Morgan fingerprint density at radius 2 is 1.76 bits per heavy atom. The fourth-order valence-electron chi connectivity index (χ4n) is 2.96. The first-order valence-corrected chi connectivity index (χ1v) is 7.06. The molecule has 2 aliphatic carbocycles. The van der Waals surface area contributed by atoms with Crippen LogP contribution in [0.3, 0.4) is 0 Å². The number of rotatable bonds is 4. The maximum absolute atomic E-state index is 12.2. The molecule has 0 heterocycles. The van der Waals surface area contributed by atoms with E-state index < -0.39 is 5.54 Å². The molecule has 0 aliphatic heterocycles. The number of carbonyl (C=O) groups excluding carboxylic acids is 1. The Bertz CT molecular complexity index is 289. The topological polar surface area (TPSA) is 55.1 Å². The van der Waals surface area contributed by atoms with Gasteiger partial charge >= 0.3 is 0 Å². The molecule has 1 amide bonds. The van der Waals surface area contributed by atoms with Crippen LogP contribution in [0.15, 0.2) is 0 Å². The molecule has 3 nitrogen and oxygen atoms in total. The summed E-state index contributed by atoms with van der Waals surface area (Å²) in [6.07, 6.45) is 7.63. The summed E-state index contributed by atoms with van der Waals surface area (Å²) in [5.41, 5.74) is 6.01. The summed E-state index contributed by atoms with van der Waals surface area (Å²) in [7, 11) is 0. The second kappa shape index (κ2) is 4.60. The molecule has 2 rings (SSSR count). The summed E-state index contributed by atoms with van der Waals surface area (Å²) in [5, 5.41) is 3.11. The van der Waals surface area contributed by atoms with Crippen molar-refractivity contribution in [3.8, 4) is 0 Å². The third kappa shape index (κ3) is 2.65. The smallest absolute Gasteiger partial charge is 0.240 e. The second-order valence-electron chi connectivity index (χ2n) is 6.42. The van der Waals surface area contributed by atoms with E-state index in [1.54, 1.807) is 0 Å². The Hall–Kier alpha value is -0.570. The van der Waals surface area contributed by atoms with E-state index in [2.05, 4.69) is 19.2 Å². The second-order valence-corrected chi connectivity index (χ2v) is 6.42. The minimum atomic E-state index is -0.578. The maximum Gasteiger partial charge on any atom is 0.240 e. The highest BCUT2D eigenvalue weighted by molar-refractivity contribution is 5.86. The Morgan fingerprint density at radius 3 is 2.24 bits per heavy atom. The molecule has 0 unspecified atom stereocenters. The zero-order valence-electron chi connectivity index (χ0n) is 11.2. The van der Waals surface area contributed by atoms with Crippen molar-refractivity contribution in [1.29, 1.82) is 0 Å². The lowest BCUT2D eigenvalue weighted by Crippen LogP contribution is -2.56. The molecule has 2 saturated carbocycles. The molecule has 0 bridgehead atoms. The highest BCUT2D eigenvalue weighted by Crippen LogP contribution is 2.51. The van der Waals surface area contributed by atoms with Crippen LogP contribution in [0, 0.1) is 11.3 Å². The molecule has 0 radical (unpaired) electrons. The molecule has 3 N–H and O–H groups in total. The van der Waals surface area contributed by atoms with E-state index in [9.17, 15) is 4.79 Å². The number of nitrogens with one attached hydrogen (secondary N) is 1. The molecule has 2 fully saturated rings. The summed E-state index contributed by atoms with van der Waals surface area (Å²) in [6, 6.07) is 0. The average Bonchev–Trinajstić information content (AvgIpc) is 3.08. The van der Waals surface area contributed by atoms with Crippen molar-refractivity contribution < 1.29 is 4.79 Å². The molecular weight excluding hydrogens is 212 g/mol. The van der Waals surface area contributed by atoms with Crippen LogP contribution in [0.5, 0.6) is 0 Å². The zero-order valence-corrected chi connectivity index (χ0v) is 11.2. The monoisotopic (exact) mass is 238 g/mol. The van der Waals surface area contributed by atoms with Crippen LogP contribution in [-0.2, 0) is 4.79 Å². The lowest BCUT2D eigenvalue weighted by Gasteiger charge is -2.33. The molecule has 0 aromatic rings. The molecule has 3 heteroatoms. The summed E-state index contributed by atoms with van der Waals surface area (Å²) < 4.78 is 0. The van der Waals surface area contributed by atoms with Crippen molar-refractivity contribution in [3.05, 3.63) is 0 Å². The van der Waals surface area contributed by atoms with Crippen molar-refractivity contribution in [3.63, 3.8) is 0 Å². The van der Waals surface area contributed by atoms with Gasteiger partial charge in [-0.05, 0) is 37.0 Å². The third-order valence-corrected chi connectivity index (χ3v) is 4.92. The minimum Gasteiger partial charge on any atom is -0.354 e. The highest BCUT2D eigenvalue weighted by atomic mass is 16.2. The Morgan fingerprint density at radius 1 is 1.18 bits per heavy atom. The Balaban J connectivity index is 1.85. The van der Waals surface area contributed by atoms with Gasteiger partial charge in [-0.2, -0.15) is 0 Å². The fraction of sp³-hybridized carbons (Fsp3) is 0.929. The molecule has 0 aromatic heterocycles. The standard InChI is InChI=1S/C14H26N2O/c1-11(2)13(8-9-13)10-16-12(17)14(15)6-4-3-5-7-14/h11H,3-10,15H2,1-2H3,(H,16,17). The van der Waals surface area contributed by atoms with Crippen LogP contribution in [0.2, 0.25) is 0 Å². The predicted octanol–water partition coefficient (Wildman–Crippen LogP) is 2.20. The molecule has 2 aliphatic rings. The van der Waals surface area contributed by atoms with Gasteiger partial charge in [0.1, 0.15) is 0 Å². The first-order valence-electron chi connectivity index (χ1n) is 7.06. The lowest BCUT2D eigenvalue weighted by molar-refractivity contribution is -0.127. The number of amides is 1. The van der Waals surface area contributed by atoms with Gasteiger partial charge in [0.2, 0.25) is 5.91 Å². The van der Waals surface area contributed by atoms with Crippen LogP contribution in [0.25, 0.3) is 0 Å². The molecule has 98 valence electrons. The van der Waals surface area contributed by atoms with E-state index in [4.69, 9.17) is 5.73 Å². The van der Waals surface area contributed by atoms with E-state index in [1.165, 1.54) is 19.3 Å². The van der Waals surface area contributed by atoms with Gasteiger partial charge in [0.15, 0.2) is 0 Å². The zero-order chi connectivity index (χ0) is 12.5. The first-order chi connectivity index (χ1) is 7.99. The molecule has 0 atom stereocenters.